The lowest BCUT2D eigenvalue weighted by atomic mass is 10.2. The molecule has 0 aliphatic carbocycles. The molecule has 3 aromatic heterocycles. The van der Waals surface area contributed by atoms with Gasteiger partial charge in [0, 0.05) is 36.2 Å². The highest BCUT2D eigenvalue weighted by molar-refractivity contribution is 6.30. The number of oxazole rings is 1. The Kier molecular flexibility index (Phi) is 4.96. The highest BCUT2D eigenvalue weighted by atomic mass is 35.5. The van der Waals surface area contributed by atoms with Crippen molar-refractivity contribution >= 4 is 23.2 Å². The van der Waals surface area contributed by atoms with E-state index in [9.17, 15) is 4.79 Å². The fourth-order valence-electron chi connectivity index (χ4n) is 3.95. The molecule has 1 fully saturated rings. The SMILES string of the molecule is O=C(CCc1ncc(-c2ccc(Cl)cc2)o1)N1CCC[C@@H]1c1nnc2ccccn12. The van der Waals surface area contributed by atoms with Crippen molar-refractivity contribution in [3.8, 4) is 11.3 Å². The third-order valence-electron chi connectivity index (χ3n) is 5.45. The van der Waals surface area contributed by atoms with Crippen LogP contribution in [0, 0.1) is 0 Å². The average Bonchev–Trinajstić information content (AvgIpc) is 3.51. The molecule has 1 aliphatic heterocycles. The summed E-state index contributed by atoms with van der Waals surface area (Å²) in [7, 11) is 0. The molecule has 0 unspecified atom stereocenters. The number of hydrogen-bond acceptors (Lipinski definition) is 5. The molecule has 0 spiro atoms. The van der Waals surface area contributed by atoms with Crippen molar-refractivity contribution in [2.24, 2.45) is 0 Å². The molecule has 1 aliphatic rings. The Morgan fingerprint density at radius 2 is 2.03 bits per heavy atom. The maximum absolute atomic E-state index is 13.0. The second-order valence-electron chi connectivity index (χ2n) is 7.36. The van der Waals surface area contributed by atoms with Crippen LogP contribution in [0.15, 0.2) is 59.3 Å². The van der Waals surface area contributed by atoms with Gasteiger partial charge in [0.2, 0.25) is 5.91 Å². The first-order chi connectivity index (χ1) is 14.7. The Morgan fingerprint density at radius 1 is 1.17 bits per heavy atom. The van der Waals surface area contributed by atoms with Crippen LogP contribution in [-0.4, -0.2) is 36.9 Å². The third-order valence-corrected chi connectivity index (χ3v) is 5.70. The lowest BCUT2D eigenvalue weighted by molar-refractivity contribution is -0.132. The Labute approximate surface area is 178 Å². The number of hydrogen-bond donors (Lipinski definition) is 0. The van der Waals surface area contributed by atoms with Crippen molar-refractivity contribution in [3.05, 3.63) is 71.6 Å². The van der Waals surface area contributed by atoms with Crippen molar-refractivity contribution in [2.75, 3.05) is 6.54 Å². The van der Waals surface area contributed by atoms with E-state index in [0.717, 1.165) is 36.4 Å². The standard InChI is InChI=1S/C22H20ClN5O2/c23-16-8-6-15(7-9-16)18-14-24-20(30-18)10-11-21(29)27-13-3-4-17(27)22-26-25-19-5-1-2-12-28(19)22/h1-2,5-9,12,14,17H,3-4,10-11,13H2/t17-/m1/s1. The van der Waals surface area contributed by atoms with Crippen molar-refractivity contribution in [1.82, 2.24) is 24.5 Å². The zero-order chi connectivity index (χ0) is 20.5. The van der Waals surface area contributed by atoms with Crippen LogP contribution < -0.4 is 0 Å². The van der Waals surface area contributed by atoms with Gasteiger partial charge in [0.15, 0.2) is 23.1 Å². The van der Waals surface area contributed by atoms with Gasteiger partial charge in [-0.25, -0.2) is 4.98 Å². The van der Waals surface area contributed by atoms with Crippen LogP contribution in [0.4, 0.5) is 0 Å². The molecule has 7 nitrogen and oxygen atoms in total. The van der Waals surface area contributed by atoms with Gasteiger partial charge in [-0.1, -0.05) is 17.7 Å². The van der Waals surface area contributed by atoms with Crippen LogP contribution in [0.5, 0.6) is 0 Å². The number of nitrogens with zero attached hydrogens (tertiary/aromatic N) is 5. The number of amides is 1. The summed E-state index contributed by atoms with van der Waals surface area (Å²) in [5.41, 5.74) is 1.70. The quantitative estimate of drug-likeness (QED) is 0.479. The lowest BCUT2D eigenvalue weighted by Gasteiger charge is -2.23. The Bertz CT molecular complexity index is 1180. The molecular weight excluding hydrogens is 402 g/mol. The first-order valence-electron chi connectivity index (χ1n) is 9.99. The van der Waals surface area contributed by atoms with E-state index in [1.165, 1.54) is 0 Å². The van der Waals surface area contributed by atoms with E-state index in [1.807, 2.05) is 58.0 Å². The van der Waals surface area contributed by atoms with Crippen LogP contribution in [-0.2, 0) is 11.2 Å². The van der Waals surface area contributed by atoms with E-state index in [-0.39, 0.29) is 11.9 Å². The molecule has 152 valence electrons. The number of aryl methyl sites for hydroxylation is 1. The number of pyridine rings is 1. The molecule has 0 bridgehead atoms. The number of likely N-dealkylation sites (tertiary alicyclic amines) is 1. The zero-order valence-corrected chi connectivity index (χ0v) is 17.0. The van der Waals surface area contributed by atoms with Crippen LogP contribution in [0.2, 0.25) is 5.02 Å². The molecule has 1 amide bonds. The van der Waals surface area contributed by atoms with Crippen molar-refractivity contribution in [3.63, 3.8) is 0 Å². The summed E-state index contributed by atoms with van der Waals surface area (Å²) in [6.45, 7) is 0.729. The molecule has 1 atom stereocenters. The summed E-state index contributed by atoms with van der Waals surface area (Å²) in [5, 5.41) is 9.25. The van der Waals surface area contributed by atoms with Gasteiger partial charge in [0.25, 0.3) is 0 Å². The second-order valence-corrected chi connectivity index (χ2v) is 7.79. The maximum atomic E-state index is 13.0. The minimum absolute atomic E-state index is 0.0518. The van der Waals surface area contributed by atoms with E-state index in [4.69, 9.17) is 16.0 Å². The van der Waals surface area contributed by atoms with Crippen molar-refractivity contribution in [2.45, 2.75) is 31.7 Å². The number of carbonyl (C=O) groups is 1. The molecule has 0 radical (unpaired) electrons. The summed E-state index contributed by atoms with van der Waals surface area (Å²) in [6.07, 6.45) is 6.27. The van der Waals surface area contributed by atoms with E-state index >= 15 is 0 Å². The Balaban J connectivity index is 1.27. The van der Waals surface area contributed by atoms with Crippen LogP contribution in [0.3, 0.4) is 0 Å². The third kappa shape index (κ3) is 3.57. The fourth-order valence-corrected chi connectivity index (χ4v) is 4.08. The molecule has 8 heteroatoms. The lowest BCUT2D eigenvalue weighted by Crippen LogP contribution is -2.31. The van der Waals surface area contributed by atoms with Crippen LogP contribution in [0.25, 0.3) is 17.0 Å². The minimum Gasteiger partial charge on any atom is -0.441 e. The van der Waals surface area contributed by atoms with Crippen LogP contribution in [0.1, 0.15) is 37.0 Å². The first-order valence-corrected chi connectivity index (χ1v) is 10.4. The van der Waals surface area contributed by atoms with Gasteiger partial charge in [-0.2, -0.15) is 0 Å². The summed E-state index contributed by atoms with van der Waals surface area (Å²) < 4.78 is 7.79. The predicted molar refractivity (Wildman–Crippen MR) is 112 cm³/mol. The number of aromatic nitrogens is 4. The Morgan fingerprint density at radius 3 is 2.90 bits per heavy atom. The summed E-state index contributed by atoms with van der Waals surface area (Å²) in [6, 6.07) is 13.1. The number of halogens is 1. The van der Waals surface area contributed by atoms with Crippen LogP contribution >= 0.6 is 11.6 Å². The summed E-state index contributed by atoms with van der Waals surface area (Å²) >= 11 is 5.93. The van der Waals surface area contributed by atoms with Gasteiger partial charge < -0.3 is 9.32 Å². The van der Waals surface area contributed by atoms with Gasteiger partial charge in [-0.05, 0) is 49.2 Å². The van der Waals surface area contributed by atoms with Gasteiger partial charge in [-0.3, -0.25) is 9.20 Å². The molecule has 0 N–H and O–H groups in total. The maximum Gasteiger partial charge on any atom is 0.223 e. The molecule has 1 saturated heterocycles. The van der Waals surface area contributed by atoms with Gasteiger partial charge >= 0.3 is 0 Å². The molecule has 4 heterocycles. The van der Waals surface area contributed by atoms with Gasteiger partial charge in [-0.15, -0.1) is 10.2 Å². The largest absolute Gasteiger partial charge is 0.441 e. The van der Waals surface area contributed by atoms with Gasteiger partial charge in [0.05, 0.1) is 12.2 Å². The van der Waals surface area contributed by atoms with E-state index in [0.29, 0.717) is 29.5 Å². The monoisotopic (exact) mass is 421 g/mol. The normalized spacial score (nSPS) is 16.4. The minimum atomic E-state index is -0.0518. The first kappa shape index (κ1) is 18.8. The number of benzene rings is 1. The van der Waals surface area contributed by atoms with Gasteiger partial charge in [0.1, 0.15) is 0 Å². The Hall–Kier alpha value is -3.19. The van der Waals surface area contributed by atoms with E-state index in [2.05, 4.69) is 15.2 Å². The number of fused-ring (bicyclic) bond motifs is 1. The summed E-state index contributed by atoms with van der Waals surface area (Å²) in [4.78, 5) is 19.2. The van der Waals surface area contributed by atoms with Crippen molar-refractivity contribution < 1.29 is 9.21 Å². The highest BCUT2D eigenvalue weighted by Crippen LogP contribution is 2.32. The molecule has 0 saturated carbocycles. The molecule has 4 aromatic rings. The van der Waals surface area contributed by atoms with E-state index < -0.39 is 0 Å². The highest BCUT2D eigenvalue weighted by Gasteiger charge is 2.33. The number of carbonyl (C=O) groups excluding carboxylic acids is 1. The zero-order valence-electron chi connectivity index (χ0n) is 16.2. The topological polar surface area (TPSA) is 76.5 Å². The molecule has 30 heavy (non-hydrogen) atoms. The smallest absolute Gasteiger partial charge is 0.223 e. The molecular formula is C22H20ClN5O2. The number of rotatable bonds is 5. The fraction of sp³-hybridized carbons (Fsp3) is 0.273. The van der Waals surface area contributed by atoms with E-state index in [1.54, 1.807) is 6.20 Å². The second kappa shape index (κ2) is 7.91. The molecule has 5 rings (SSSR count). The predicted octanol–water partition coefficient (Wildman–Crippen LogP) is 4.33. The average molecular weight is 422 g/mol. The molecule has 1 aromatic carbocycles. The summed E-state index contributed by atoms with van der Waals surface area (Å²) in [5.74, 6) is 2.12. The van der Waals surface area contributed by atoms with Crippen molar-refractivity contribution in [1.29, 1.82) is 0 Å².